The SMILES string of the molecule is CCCN1CCN(CCC)CC(CN(C)C(=O)CC)C1. The first-order valence-electron chi connectivity index (χ1n) is 8.29. The van der Waals surface area contributed by atoms with E-state index in [9.17, 15) is 4.79 Å². The second kappa shape index (κ2) is 9.35. The summed E-state index contributed by atoms with van der Waals surface area (Å²) in [4.78, 5) is 18.9. The van der Waals surface area contributed by atoms with Gasteiger partial charge < -0.3 is 14.7 Å². The molecule has 118 valence electrons. The number of nitrogens with zero attached hydrogens (tertiary/aromatic N) is 3. The van der Waals surface area contributed by atoms with Gasteiger partial charge in [-0.1, -0.05) is 20.8 Å². The zero-order valence-corrected chi connectivity index (χ0v) is 13.9. The Morgan fingerprint density at radius 3 is 1.95 bits per heavy atom. The fraction of sp³-hybridized carbons (Fsp3) is 0.938. The molecule has 1 heterocycles. The van der Waals surface area contributed by atoms with Crippen LogP contribution < -0.4 is 0 Å². The van der Waals surface area contributed by atoms with Gasteiger partial charge >= 0.3 is 0 Å². The van der Waals surface area contributed by atoms with E-state index in [1.165, 1.54) is 39.0 Å². The number of hydrogen-bond acceptors (Lipinski definition) is 3. The molecule has 1 aliphatic rings. The van der Waals surface area contributed by atoms with Crippen LogP contribution in [0.25, 0.3) is 0 Å². The number of carbonyl (C=O) groups excluding carboxylic acids is 1. The van der Waals surface area contributed by atoms with Gasteiger partial charge in [-0.05, 0) is 25.9 Å². The quantitative estimate of drug-likeness (QED) is 0.714. The minimum Gasteiger partial charge on any atom is -0.345 e. The maximum Gasteiger partial charge on any atom is 0.222 e. The molecule has 0 aliphatic carbocycles. The fourth-order valence-corrected chi connectivity index (χ4v) is 3.17. The Morgan fingerprint density at radius 2 is 1.55 bits per heavy atom. The molecular weight excluding hydrogens is 250 g/mol. The first-order valence-corrected chi connectivity index (χ1v) is 8.29. The molecule has 1 fully saturated rings. The Morgan fingerprint density at radius 1 is 1.05 bits per heavy atom. The van der Waals surface area contributed by atoms with Crippen LogP contribution >= 0.6 is 0 Å². The highest BCUT2D eigenvalue weighted by molar-refractivity contribution is 5.75. The summed E-state index contributed by atoms with van der Waals surface area (Å²) >= 11 is 0. The third-order valence-corrected chi connectivity index (χ3v) is 4.11. The molecule has 1 saturated heterocycles. The molecule has 0 atom stereocenters. The third-order valence-electron chi connectivity index (χ3n) is 4.11. The number of carbonyl (C=O) groups is 1. The van der Waals surface area contributed by atoms with E-state index >= 15 is 0 Å². The molecular formula is C16H33N3O. The summed E-state index contributed by atoms with van der Waals surface area (Å²) in [6.45, 7) is 14.3. The van der Waals surface area contributed by atoms with Gasteiger partial charge in [-0.3, -0.25) is 4.79 Å². The minimum absolute atomic E-state index is 0.262. The second-order valence-corrected chi connectivity index (χ2v) is 6.10. The van der Waals surface area contributed by atoms with E-state index in [0.29, 0.717) is 12.3 Å². The van der Waals surface area contributed by atoms with Gasteiger partial charge in [0.25, 0.3) is 0 Å². The molecule has 4 nitrogen and oxygen atoms in total. The third kappa shape index (κ3) is 5.80. The second-order valence-electron chi connectivity index (χ2n) is 6.10. The van der Waals surface area contributed by atoms with Gasteiger partial charge in [0.15, 0.2) is 0 Å². The van der Waals surface area contributed by atoms with Crippen molar-refractivity contribution in [1.29, 1.82) is 0 Å². The van der Waals surface area contributed by atoms with Crippen molar-refractivity contribution in [1.82, 2.24) is 14.7 Å². The molecule has 1 aliphatic heterocycles. The van der Waals surface area contributed by atoms with Crippen molar-refractivity contribution < 1.29 is 4.79 Å². The lowest BCUT2D eigenvalue weighted by Gasteiger charge is -2.28. The van der Waals surface area contributed by atoms with Crippen LogP contribution in [0.1, 0.15) is 40.0 Å². The van der Waals surface area contributed by atoms with Crippen molar-refractivity contribution in [3.63, 3.8) is 0 Å². The van der Waals surface area contributed by atoms with Gasteiger partial charge in [-0.2, -0.15) is 0 Å². The van der Waals surface area contributed by atoms with Crippen LogP contribution in [-0.2, 0) is 4.79 Å². The highest BCUT2D eigenvalue weighted by Crippen LogP contribution is 2.12. The van der Waals surface area contributed by atoms with Crippen LogP contribution in [0, 0.1) is 5.92 Å². The van der Waals surface area contributed by atoms with Crippen molar-refractivity contribution >= 4 is 5.91 Å². The first-order chi connectivity index (χ1) is 9.60. The van der Waals surface area contributed by atoms with E-state index in [-0.39, 0.29) is 5.91 Å². The summed E-state index contributed by atoms with van der Waals surface area (Å²) < 4.78 is 0. The van der Waals surface area contributed by atoms with Crippen molar-refractivity contribution in [2.45, 2.75) is 40.0 Å². The molecule has 20 heavy (non-hydrogen) atoms. The normalized spacial score (nSPS) is 19.0. The average molecular weight is 283 g/mol. The van der Waals surface area contributed by atoms with Gasteiger partial charge in [0.05, 0.1) is 0 Å². The van der Waals surface area contributed by atoms with Gasteiger partial charge in [0.2, 0.25) is 5.91 Å². The molecule has 0 unspecified atom stereocenters. The average Bonchev–Trinajstić information content (AvgIpc) is 2.61. The van der Waals surface area contributed by atoms with Gasteiger partial charge in [0.1, 0.15) is 0 Å². The number of amides is 1. The number of rotatable bonds is 7. The number of hydrogen-bond donors (Lipinski definition) is 0. The maximum absolute atomic E-state index is 11.8. The van der Waals surface area contributed by atoms with Gasteiger partial charge in [-0.15, -0.1) is 0 Å². The Kier molecular flexibility index (Phi) is 8.15. The molecule has 0 bridgehead atoms. The van der Waals surface area contributed by atoms with Crippen LogP contribution in [-0.4, -0.2) is 73.5 Å². The highest BCUT2D eigenvalue weighted by atomic mass is 16.2. The van der Waals surface area contributed by atoms with Crippen LogP contribution in [0.5, 0.6) is 0 Å². The van der Waals surface area contributed by atoms with E-state index in [2.05, 4.69) is 23.6 Å². The first kappa shape index (κ1) is 17.4. The molecule has 0 aromatic heterocycles. The predicted octanol–water partition coefficient (Wildman–Crippen LogP) is 1.91. The van der Waals surface area contributed by atoms with Crippen molar-refractivity contribution in [3.8, 4) is 0 Å². The molecule has 0 aromatic rings. The summed E-state index contributed by atoms with van der Waals surface area (Å²) in [7, 11) is 1.95. The van der Waals surface area contributed by atoms with Crippen molar-refractivity contribution in [2.75, 3.05) is 52.9 Å². The largest absolute Gasteiger partial charge is 0.345 e. The smallest absolute Gasteiger partial charge is 0.222 e. The van der Waals surface area contributed by atoms with Crippen molar-refractivity contribution in [3.05, 3.63) is 0 Å². The Hall–Kier alpha value is -0.610. The van der Waals surface area contributed by atoms with Crippen LogP contribution in [0.2, 0.25) is 0 Å². The molecule has 4 heteroatoms. The van der Waals surface area contributed by atoms with Crippen LogP contribution in [0.4, 0.5) is 0 Å². The summed E-state index contributed by atoms with van der Waals surface area (Å²) in [5.74, 6) is 0.842. The Labute approximate surface area is 125 Å². The molecule has 1 rings (SSSR count). The zero-order chi connectivity index (χ0) is 15.0. The van der Waals surface area contributed by atoms with E-state index in [1.807, 2.05) is 18.9 Å². The standard InChI is InChI=1S/C16H33N3O/c1-5-8-18-10-11-19(9-6-2)14-15(13-18)12-17(4)16(20)7-3/h15H,5-14H2,1-4H3. The fourth-order valence-electron chi connectivity index (χ4n) is 3.17. The lowest BCUT2D eigenvalue weighted by Crippen LogP contribution is -2.39. The predicted molar refractivity (Wildman–Crippen MR) is 84.9 cm³/mol. The zero-order valence-electron chi connectivity index (χ0n) is 13.9. The Balaban J connectivity index is 2.60. The Bertz CT molecular complexity index is 267. The topological polar surface area (TPSA) is 26.8 Å². The molecule has 0 aromatic carbocycles. The summed E-state index contributed by atoms with van der Waals surface area (Å²) in [5.41, 5.74) is 0. The highest BCUT2D eigenvalue weighted by Gasteiger charge is 2.23. The van der Waals surface area contributed by atoms with Gasteiger partial charge in [-0.25, -0.2) is 0 Å². The van der Waals surface area contributed by atoms with Crippen LogP contribution in [0.3, 0.4) is 0 Å². The lowest BCUT2D eigenvalue weighted by atomic mass is 10.1. The van der Waals surface area contributed by atoms with E-state index < -0.39 is 0 Å². The molecule has 0 spiro atoms. The van der Waals surface area contributed by atoms with E-state index in [1.54, 1.807) is 0 Å². The lowest BCUT2D eigenvalue weighted by molar-refractivity contribution is -0.130. The molecule has 1 amide bonds. The summed E-state index contributed by atoms with van der Waals surface area (Å²) in [6, 6.07) is 0. The maximum atomic E-state index is 11.8. The minimum atomic E-state index is 0.262. The molecule has 0 radical (unpaired) electrons. The van der Waals surface area contributed by atoms with Crippen molar-refractivity contribution in [2.24, 2.45) is 5.92 Å². The summed E-state index contributed by atoms with van der Waals surface area (Å²) in [5, 5.41) is 0. The van der Waals surface area contributed by atoms with Gasteiger partial charge in [0, 0.05) is 52.1 Å². The molecule has 0 N–H and O–H groups in total. The van der Waals surface area contributed by atoms with E-state index in [0.717, 1.165) is 19.6 Å². The molecule has 0 saturated carbocycles. The summed E-state index contributed by atoms with van der Waals surface area (Å²) in [6.07, 6.45) is 3.04. The van der Waals surface area contributed by atoms with Crippen LogP contribution in [0.15, 0.2) is 0 Å². The van der Waals surface area contributed by atoms with E-state index in [4.69, 9.17) is 0 Å². The monoisotopic (exact) mass is 283 g/mol.